The summed E-state index contributed by atoms with van der Waals surface area (Å²) < 4.78 is 11.0. The molecule has 1 aromatic heterocycles. The minimum absolute atomic E-state index is 0.0120. The third kappa shape index (κ3) is 4.35. The molecule has 5 rings (SSSR count). The lowest BCUT2D eigenvalue weighted by atomic mass is 9.46. The highest BCUT2D eigenvalue weighted by Gasteiger charge is 2.67. The maximum atomic E-state index is 13.7. The van der Waals surface area contributed by atoms with Crippen LogP contribution in [0.4, 0.5) is 0 Å². The molecule has 0 radical (unpaired) electrons. The number of hydrogen-bond acceptors (Lipinski definition) is 8. The van der Waals surface area contributed by atoms with Gasteiger partial charge in [0.05, 0.1) is 29.2 Å². The molecule has 9 atom stereocenters. The van der Waals surface area contributed by atoms with Gasteiger partial charge in [0.1, 0.15) is 0 Å². The maximum Gasteiger partial charge on any atom is 0.264 e. The van der Waals surface area contributed by atoms with Gasteiger partial charge in [-0.2, -0.15) is 0 Å². The summed E-state index contributed by atoms with van der Waals surface area (Å²) in [6, 6.07) is 3.48. The summed E-state index contributed by atoms with van der Waals surface area (Å²) >= 11 is 1.40. The number of aliphatic hydroxyl groups is 3. The minimum Gasteiger partial charge on any atom is -0.390 e. The standard InChI is InChI=1S/C30H43NO7S/c1-17(31(16-26(37-4)38-5)27(35)25-7-6-12-39-25)18-9-11-30(36)20-13-22(32)21-14-23(33)24(34)15-28(21,2)19(20)8-10-29(18,30)3/h6-7,12-13,17-19,21,23-24,26,33-34,36H,8-11,14-16H2,1-5H3/t17?,18?,19?,21-,23+,24-,28+,29+,30+/m0/s1. The summed E-state index contributed by atoms with van der Waals surface area (Å²) in [6.45, 7) is 6.49. The molecule has 3 unspecified atom stereocenters. The molecular weight excluding hydrogens is 518 g/mol. The molecule has 39 heavy (non-hydrogen) atoms. The van der Waals surface area contributed by atoms with E-state index in [2.05, 4.69) is 20.8 Å². The van der Waals surface area contributed by atoms with E-state index in [0.29, 0.717) is 24.1 Å². The summed E-state index contributed by atoms with van der Waals surface area (Å²) in [5.74, 6) is -0.540. The molecule has 3 fully saturated rings. The minimum atomic E-state index is -1.18. The van der Waals surface area contributed by atoms with E-state index in [4.69, 9.17) is 9.47 Å². The highest BCUT2D eigenvalue weighted by Crippen LogP contribution is 2.67. The molecule has 8 nitrogen and oxygen atoms in total. The van der Waals surface area contributed by atoms with E-state index in [0.717, 1.165) is 18.4 Å². The average molecular weight is 562 g/mol. The zero-order chi connectivity index (χ0) is 28.3. The van der Waals surface area contributed by atoms with E-state index in [1.54, 1.807) is 20.3 Å². The SMILES string of the molecule is COC(CN(C(=O)c1cccs1)C(C)C1CC[C@@]2(O)C3=CC(=O)[C@@H]4C[C@@H](O)[C@@H](O)C[C@]4(C)C3CC[C@]12C)OC. The molecule has 3 saturated carbocycles. The first-order chi connectivity index (χ1) is 18.4. The number of methoxy groups -OCH3 is 2. The van der Waals surface area contributed by atoms with Crippen LogP contribution >= 0.6 is 11.3 Å². The molecule has 0 bridgehead atoms. The Morgan fingerprint density at radius 2 is 1.87 bits per heavy atom. The van der Waals surface area contributed by atoms with E-state index in [-0.39, 0.29) is 48.5 Å². The fourth-order valence-corrected chi connectivity index (χ4v) is 9.46. The number of ether oxygens (including phenoxy) is 2. The van der Waals surface area contributed by atoms with E-state index < -0.39 is 34.9 Å². The van der Waals surface area contributed by atoms with E-state index in [1.807, 2.05) is 22.4 Å². The second-order valence-corrected chi connectivity index (χ2v) is 13.7. The van der Waals surface area contributed by atoms with Crippen LogP contribution in [0.5, 0.6) is 0 Å². The second kappa shape index (κ2) is 10.3. The Labute approximate surface area is 235 Å². The Kier molecular flexibility index (Phi) is 7.66. The predicted molar refractivity (Wildman–Crippen MR) is 147 cm³/mol. The first-order valence-corrected chi connectivity index (χ1v) is 15.0. The van der Waals surface area contributed by atoms with Gasteiger partial charge in [-0.25, -0.2) is 0 Å². The fraction of sp³-hybridized carbons (Fsp3) is 0.733. The lowest BCUT2D eigenvalue weighted by Gasteiger charge is -2.60. The van der Waals surface area contributed by atoms with Crippen LogP contribution in [0.15, 0.2) is 29.2 Å². The number of fused-ring (bicyclic) bond motifs is 5. The number of carbonyl (C=O) groups excluding carboxylic acids is 2. The van der Waals surface area contributed by atoms with Gasteiger partial charge in [-0.15, -0.1) is 11.3 Å². The highest BCUT2D eigenvalue weighted by atomic mass is 32.1. The van der Waals surface area contributed by atoms with Crippen molar-refractivity contribution >= 4 is 23.0 Å². The van der Waals surface area contributed by atoms with Gasteiger partial charge in [-0.05, 0) is 85.8 Å². The molecule has 0 saturated heterocycles. The van der Waals surface area contributed by atoms with E-state index in [1.165, 1.54) is 11.3 Å². The van der Waals surface area contributed by atoms with Gasteiger partial charge in [-0.1, -0.05) is 19.9 Å². The van der Waals surface area contributed by atoms with Gasteiger partial charge < -0.3 is 29.7 Å². The molecule has 4 aliphatic rings. The van der Waals surface area contributed by atoms with Crippen LogP contribution in [0.25, 0.3) is 0 Å². The fourth-order valence-electron chi connectivity index (χ4n) is 8.78. The van der Waals surface area contributed by atoms with Crippen molar-refractivity contribution in [2.24, 2.45) is 28.6 Å². The summed E-state index contributed by atoms with van der Waals surface area (Å²) in [6.07, 6.45) is 2.68. The molecule has 3 N–H and O–H groups in total. The molecule has 4 aliphatic carbocycles. The van der Waals surface area contributed by atoms with Crippen LogP contribution in [0.2, 0.25) is 0 Å². The maximum absolute atomic E-state index is 13.7. The Morgan fingerprint density at radius 3 is 2.51 bits per heavy atom. The van der Waals surface area contributed by atoms with Crippen molar-refractivity contribution in [3.63, 3.8) is 0 Å². The van der Waals surface area contributed by atoms with Gasteiger partial charge in [-0.3, -0.25) is 9.59 Å². The number of ketones is 1. The monoisotopic (exact) mass is 561 g/mol. The first kappa shape index (κ1) is 28.9. The third-order valence-electron chi connectivity index (χ3n) is 11.1. The van der Waals surface area contributed by atoms with Crippen molar-refractivity contribution in [3.05, 3.63) is 34.0 Å². The molecular formula is C30H43NO7S. The lowest BCUT2D eigenvalue weighted by Crippen LogP contribution is -2.62. The normalized spacial score (nSPS) is 40.5. The van der Waals surface area contributed by atoms with Crippen molar-refractivity contribution in [1.82, 2.24) is 4.90 Å². The quantitative estimate of drug-likeness (QED) is 0.437. The van der Waals surface area contributed by atoms with Crippen LogP contribution in [0.1, 0.15) is 69.0 Å². The molecule has 1 heterocycles. The Hall–Kier alpha value is -1.62. The van der Waals surface area contributed by atoms with Crippen LogP contribution in [-0.4, -0.2) is 82.8 Å². The summed E-state index contributed by atoms with van der Waals surface area (Å²) in [4.78, 5) is 29.6. The number of thiophene rings is 1. The number of carbonyl (C=O) groups is 2. The third-order valence-corrected chi connectivity index (χ3v) is 12.0. The predicted octanol–water partition coefficient (Wildman–Crippen LogP) is 3.40. The van der Waals surface area contributed by atoms with Gasteiger partial charge in [0.2, 0.25) is 0 Å². The van der Waals surface area contributed by atoms with Crippen molar-refractivity contribution in [2.75, 3.05) is 20.8 Å². The van der Waals surface area contributed by atoms with Crippen LogP contribution in [0, 0.1) is 28.6 Å². The largest absolute Gasteiger partial charge is 0.390 e. The van der Waals surface area contributed by atoms with Gasteiger partial charge in [0.25, 0.3) is 5.91 Å². The van der Waals surface area contributed by atoms with Crippen molar-refractivity contribution in [3.8, 4) is 0 Å². The first-order valence-electron chi connectivity index (χ1n) is 14.2. The number of rotatable bonds is 7. The van der Waals surface area contributed by atoms with E-state index >= 15 is 0 Å². The number of aliphatic hydroxyl groups excluding tert-OH is 2. The van der Waals surface area contributed by atoms with Gasteiger partial charge in [0.15, 0.2) is 12.1 Å². The number of allylic oxidation sites excluding steroid dienone is 1. The van der Waals surface area contributed by atoms with Crippen molar-refractivity contribution < 1.29 is 34.4 Å². The Balaban J connectivity index is 1.48. The van der Waals surface area contributed by atoms with Gasteiger partial charge >= 0.3 is 0 Å². The number of nitrogens with zero attached hydrogens (tertiary/aromatic N) is 1. The second-order valence-electron chi connectivity index (χ2n) is 12.7. The van der Waals surface area contributed by atoms with Crippen LogP contribution in [0.3, 0.4) is 0 Å². The van der Waals surface area contributed by atoms with Gasteiger partial charge in [0, 0.05) is 31.6 Å². The molecule has 1 aromatic rings. The van der Waals surface area contributed by atoms with E-state index in [9.17, 15) is 24.9 Å². The molecule has 0 aliphatic heterocycles. The zero-order valence-electron chi connectivity index (χ0n) is 23.6. The lowest BCUT2D eigenvalue weighted by molar-refractivity contribution is -0.154. The molecule has 0 aromatic carbocycles. The molecule has 0 spiro atoms. The summed E-state index contributed by atoms with van der Waals surface area (Å²) in [5, 5.41) is 35.3. The molecule has 1 amide bonds. The van der Waals surface area contributed by atoms with Crippen LogP contribution in [-0.2, 0) is 14.3 Å². The number of hydrogen-bond donors (Lipinski definition) is 3. The van der Waals surface area contributed by atoms with Crippen molar-refractivity contribution in [1.29, 1.82) is 0 Å². The zero-order valence-corrected chi connectivity index (χ0v) is 24.4. The Bertz CT molecular complexity index is 1120. The highest BCUT2D eigenvalue weighted by molar-refractivity contribution is 7.12. The average Bonchev–Trinajstić information content (AvgIpc) is 3.53. The topological polar surface area (TPSA) is 117 Å². The Morgan fingerprint density at radius 1 is 1.15 bits per heavy atom. The molecule has 9 heteroatoms. The molecule has 216 valence electrons. The van der Waals surface area contributed by atoms with Crippen molar-refractivity contribution in [2.45, 2.75) is 89.4 Å². The van der Waals surface area contributed by atoms with Crippen LogP contribution < -0.4 is 0 Å². The summed E-state index contributed by atoms with van der Waals surface area (Å²) in [5.41, 5.74) is -1.44. The number of amides is 1. The summed E-state index contributed by atoms with van der Waals surface area (Å²) in [7, 11) is 3.12. The smallest absolute Gasteiger partial charge is 0.264 e.